The number of carboxylic acids is 2. The Labute approximate surface area is 705 Å². The lowest BCUT2D eigenvalue weighted by Crippen LogP contribution is -2.52. The Morgan fingerprint density at radius 3 is 0.770 bits per heavy atom. The minimum Gasteiger partial charge on any atom is -0.485 e. The van der Waals surface area contributed by atoms with Crippen LogP contribution in [-0.2, 0) is 94.1 Å². The fourth-order valence-electron chi connectivity index (χ4n) is 12.9. The van der Waals surface area contributed by atoms with E-state index in [2.05, 4.69) is 0 Å². The van der Waals surface area contributed by atoms with E-state index in [0.717, 1.165) is 11.1 Å². The fourth-order valence-corrected chi connectivity index (χ4v) is 12.9. The second-order valence-corrected chi connectivity index (χ2v) is 27.7. The minimum absolute atomic E-state index is 0.00818. The molecule has 0 amide bonds. The Hall–Kier alpha value is -14.1. The van der Waals surface area contributed by atoms with Crippen LogP contribution in [0.4, 0.5) is 0 Å². The molecule has 3 N–H and O–H groups in total. The number of esters is 2. The number of hydrogen-bond acceptors (Lipinski definition) is 23. The summed E-state index contributed by atoms with van der Waals surface area (Å²) in [6.45, 7) is -3.94. The van der Waals surface area contributed by atoms with Gasteiger partial charge in [0.1, 0.15) is 65.1 Å². The second kappa shape index (κ2) is 44.6. The molecule has 0 spiro atoms. The van der Waals surface area contributed by atoms with Gasteiger partial charge in [0.25, 0.3) is 0 Å². The maximum absolute atomic E-state index is 16.3. The number of carbonyl (C=O) groups is 4. The zero-order valence-electron chi connectivity index (χ0n) is 67.6. The Kier molecular flexibility index (Phi) is 31.9. The number of carbonyl (C=O) groups excluding carboxylic acids is 2. The van der Waals surface area contributed by atoms with Crippen molar-refractivity contribution < 1.29 is 120 Å². The van der Waals surface area contributed by atoms with Gasteiger partial charge in [-0.15, -0.1) is 0 Å². The third kappa shape index (κ3) is 24.3. The molecular weight excluding hydrogens is 1570 g/mol. The number of hydrogen-bond donors (Lipinski definition) is 3. The SMILES string of the molecule is COCOc1cc(C(=O)OCC(OC(=O)c2cc(OCOC)c(OCc3ccccc3)c(OCOC)c2)C(O)(Cc2c(C(=O)O)cc(OCc3ccccc3)c(OCc3ccccc3)c2OCc2ccccc2)Cc2c(C(=O)O)cc(OCc3ccccc3)c(OCc3ccccc3)c2OCc2ccccc2)cc(OCOC)c1OCc1ccccc1. The molecule has 122 heavy (non-hydrogen) atoms. The lowest BCUT2D eigenvalue weighted by molar-refractivity contribution is -0.106. The maximum atomic E-state index is 16.3. The first-order chi connectivity index (χ1) is 59.7. The summed E-state index contributed by atoms with van der Waals surface area (Å²) < 4.78 is 113. The molecule has 0 bridgehead atoms. The van der Waals surface area contributed by atoms with Crippen LogP contribution < -0.4 is 56.8 Å². The minimum atomic E-state index is -3.07. The number of aromatic carboxylic acids is 2. The fraction of sp³-hybridized carbons (Fsp3) is 0.216. The molecule has 12 rings (SSSR count). The summed E-state index contributed by atoms with van der Waals surface area (Å²) in [7, 11) is 5.53. The third-order valence-corrected chi connectivity index (χ3v) is 18.9. The van der Waals surface area contributed by atoms with Crippen LogP contribution in [0.3, 0.4) is 0 Å². The molecule has 0 aliphatic heterocycles. The van der Waals surface area contributed by atoms with E-state index in [1.54, 1.807) is 60.7 Å². The van der Waals surface area contributed by atoms with Gasteiger partial charge in [0.15, 0.2) is 79.3 Å². The predicted octanol–water partition coefficient (Wildman–Crippen LogP) is 17.2. The molecule has 0 aliphatic rings. The highest BCUT2D eigenvalue weighted by molar-refractivity contribution is 5.94. The van der Waals surface area contributed by atoms with E-state index >= 15 is 14.7 Å². The molecule has 0 aromatic heterocycles. The van der Waals surface area contributed by atoms with Crippen LogP contribution in [0.25, 0.3) is 0 Å². The van der Waals surface area contributed by atoms with Crippen molar-refractivity contribution in [1.29, 1.82) is 0 Å². The van der Waals surface area contributed by atoms with Gasteiger partial charge in [0.05, 0.1) is 22.3 Å². The first kappa shape index (κ1) is 87.2. The van der Waals surface area contributed by atoms with E-state index in [1.807, 2.05) is 182 Å². The third-order valence-electron chi connectivity index (χ3n) is 18.9. The van der Waals surface area contributed by atoms with Crippen molar-refractivity contribution in [3.8, 4) is 69.0 Å². The van der Waals surface area contributed by atoms with E-state index < -0.39 is 79.7 Å². The molecule has 0 radical (unpaired) electrons. The number of carboxylic acid groups (broad SMARTS) is 2. The van der Waals surface area contributed by atoms with E-state index in [1.165, 1.54) is 64.8 Å². The summed E-state index contributed by atoms with van der Waals surface area (Å²) in [5.74, 6) is -7.25. The number of rotatable bonds is 48. The van der Waals surface area contributed by atoms with Gasteiger partial charge in [-0.2, -0.15) is 0 Å². The van der Waals surface area contributed by atoms with Crippen molar-refractivity contribution in [2.24, 2.45) is 0 Å². The predicted molar refractivity (Wildman–Crippen MR) is 448 cm³/mol. The van der Waals surface area contributed by atoms with Gasteiger partial charge in [-0.3, -0.25) is 0 Å². The summed E-state index contributed by atoms with van der Waals surface area (Å²) in [5, 5.41) is 39.5. The molecule has 0 heterocycles. The molecule has 12 aromatic carbocycles. The van der Waals surface area contributed by atoms with Gasteiger partial charge in [0, 0.05) is 52.4 Å². The van der Waals surface area contributed by atoms with E-state index in [9.17, 15) is 19.8 Å². The first-order valence-corrected chi connectivity index (χ1v) is 38.8. The van der Waals surface area contributed by atoms with Crippen LogP contribution in [0.1, 0.15) is 97.1 Å². The Morgan fingerprint density at radius 2 is 0.516 bits per heavy atom. The number of benzene rings is 12. The number of aliphatic hydroxyl groups is 1. The van der Waals surface area contributed by atoms with Crippen molar-refractivity contribution in [1.82, 2.24) is 0 Å². The summed E-state index contributed by atoms with van der Waals surface area (Å²) in [6.07, 6.45) is -4.43. The average Bonchev–Trinajstić information content (AvgIpc) is 0.742. The Balaban J connectivity index is 1.13. The van der Waals surface area contributed by atoms with Crippen molar-refractivity contribution in [2.75, 3.05) is 62.2 Å². The zero-order chi connectivity index (χ0) is 85.3. The molecule has 12 aromatic rings. The molecule has 0 fully saturated rings. The summed E-state index contributed by atoms with van der Waals surface area (Å²) in [5.41, 5.74) is -0.189. The highest BCUT2D eigenvalue weighted by atomic mass is 16.7. The smallest absolute Gasteiger partial charge is 0.338 e. The highest BCUT2D eigenvalue weighted by Gasteiger charge is 2.47. The maximum Gasteiger partial charge on any atom is 0.338 e. The zero-order valence-corrected chi connectivity index (χ0v) is 67.6. The quantitative estimate of drug-likeness (QED) is 0.0236. The summed E-state index contributed by atoms with van der Waals surface area (Å²) >= 11 is 0. The summed E-state index contributed by atoms with van der Waals surface area (Å²) in [6, 6.07) is 80.0. The van der Waals surface area contributed by atoms with Gasteiger partial charge in [-0.05, 0) is 80.9 Å². The molecule has 25 nitrogen and oxygen atoms in total. The lowest BCUT2D eigenvalue weighted by Gasteiger charge is -2.37. The first-order valence-electron chi connectivity index (χ1n) is 38.8. The van der Waals surface area contributed by atoms with Crippen molar-refractivity contribution in [3.63, 3.8) is 0 Å². The molecule has 0 aliphatic carbocycles. The van der Waals surface area contributed by atoms with Gasteiger partial charge in [-0.25, -0.2) is 19.2 Å². The molecular formula is C97H92O25. The highest BCUT2D eigenvalue weighted by Crippen LogP contribution is 2.50. The molecule has 0 saturated heterocycles. The normalized spacial score (nSPS) is 11.3. The van der Waals surface area contributed by atoms with Gasteiger partial charge >= 0.3 is 23.9 Å². The average molecular weight is 1660 g/mol. The topological polar surface area (TPSA) is 295 Å². The van der Waals surface area contributed by atoms with Crippen LogP contribution in [0.2, 0.25) is 0 Å². The van der Waals surface area contributed by atoms with Gasteiger partial charge in [0.2, 0.25) is 23.0 Å². The van der Waals surface area contributed by atoms with E-state index in [4.69, 9.17) is 85.3 Å². The van der Waals surface area contributed by atoms with Gasteiger partial charge < -0.3 is 101 Å². The Morgan fingerprint density at radius 1 is 0.287 bits per heavy atom. The molecule has 630 valence electrons. The second-order valence-electron chi connectivity index (χ2n) is 27.7. The van der Waals surface area contributed by atoms with Crippen molar-refractivity contribution in [2.45, 2.75) is 77.4 Å². The molecule has 1 atom stereocenters. The lowest BCUT2D eigenvalue weighted by atomic mass is 9.80. The number of ether oxygens (including phenoxy) is 18. The van der Waals surface area contributed by atoms with E-state index in [0.29, 0.717) is 33.4 Å². The van der Waals surface area contributed by atoms with Crippen molar-refractivity contribution in [3.05, 3.63) is 357 Å². The van der Waals surface area contributed by atoms with Crippen LogP contribution in [-0.4, -0.2) is 113 Å². The van der Waals surface area contributed by atoms with Gasteiger partial charge in [-0.1, -0.05) is 243 Å². The van der Waals surface area contributed by atoms with Crippen LogP contribution in [0, 0.1) is 0 Å². The largest absolute Gasteiger partial charge is 0.485 e. The summed E-state index contributed by atoms with van der Waals surface area (Å²) in [4.78, 5) is 61.7. The molecule has 0 saturated carbocycles. The van der Waals surface area contributed by atoms with E-state index in [-0.39, 0.29) is 158 Å². The van der Waals surface area contributed by atoms with Crippen LogP contribution >= 0.6 is 0 Å². The molecule has 1 unspecified atom stereocenters. The number of methoxy groups -OCH3 is 4. The van der Waals surface area contributed by atoms with Crippen molar-refractivity contribution >= 4 is 23.9 Å². The van der Waals surface area contributed by atoms with Crippen LogP contribution in [0.5, 0.6) is 69.0 Å². The van der Waals surface area contributed by atoms with Crippen LogP contribution in [0.15, 0.2) is 279 Å². The molecule has 25 heteroatoms. The Bertz CT molecular complexity index is 5080. The standard InChI is InChI=1S/C97H92O25/c1-105-62-118-80-45-74(46-81(119-63-106-2)89(80)113-57-70-37-21-9-22-38-70)95(102)117-61-86(122-96(103)75-47-82(120-64-107-3)90(83(48-75)121-65-108-4)114-58-71-39-23-10-24-40-71)97(104,51-78-76(93(98)99)49-84(109-53-66-29-13-5-14-30-66)91(115-59-72-41-25-11-26-42-72)87(78)111-55-68-33-17-7-18-34-68)52-79-77(94(100)101)50-85(110-54-67-31-15-6-16-32-67)92(116-60-73-43-27-12-28-44-73)88(79)112-56-69-35-19-8-20-36-69/h5-50,86,104H,51-65H2,1-4H3,(H,98,99)(H,100,101). The monoisotopic (exact) mass is 1660 g/mol.